The van der Waals surface area contributed by atoms with E-state index in [2.05, 4.69) is 10.2 Å². The van der Waals surface area contributed by atoms with Gasteiger partial charge in [0.15, 0.2) is 0 Å². The first-order chi connectivity index (χ1) is 5.29. The van der Waals surface area contributed by atoms with Crippen molar-refractivity contribution < 1.29 is 12.6 Å². The molecule has 3 nitrogen and oxygen atoms in total. The Kier molecular flexibility index (Phi) is 3.07. The van der Waals surface area contributed by atoms with Gasteiger partial charge in [-0.15, -0.1) is 0 Å². The van der Waals surface area contributed by atoms with Crippen LogP contribution in [0.4, 0.5) is 0 Å². The van der Waals surface area contributed by atoms with Gasteiger partial charge in [0.2, 0.25) is 0 Å². The highest BCUT2D eigenvalue weighted by atomic mass is 32.2. The summed E-state index contributed by atoms with van der Waals surface area (Å²) < 4.78 is 24.3. The average Bonchev–Trinajstić information content (AvgIpc) is 2.03. The van der Waals surface area contributed by atoms with Crippen LogP contribution in [0.5, 0.6) is 0 Å². The molecule has 0 aliphatic heterocycles. The average molecular weight is 171 g/mol. The van der Waals surface area contributed by atoms with Crippen LogP contribution < -0.4 is 0 Å². The minimum Gasteiger partial charge on any atom is -0.267 e. The highest BCUT2D eigenvalue weighted by molar-refractivity contribution is 7.67. The predicted octanol–water partition coefficient (Wildman–Crippen LogP) is 0.530. The van der Waals surface area contributed by atoms with Crippen molar-refractivity contribution in [2.45, 2.75) is 6.61 Å². The third-order valence-electron chi connectivity index (χ3n) is 1.12. The molecule has 0 amide bonds. The third-order valence-corrected chi connectivity index (χ3v) is 1.46. The molecule has 0 fully saturated rings. The van der Waals surface area contributed by atoms with Gasteiger partial charge in [0.25, 0.3) is 11.0 Å². The molecule has 1 radical (unpaired) electrons. The van der Waals surface area contributed by atoms with Crippen LogP contribution in [-0.2, 0) is 21.8 Å². The van der Waals surface area contributed by atoms with E-state index in [1.807, 2.05) is 0 Å². The molecule has 0 aromatic heterocycles. The molecule has 1 rings (SSSR count). The smallest absolute Gasteiger partial charge is 0.257 e. The van der Waals surface area contributed by atoms with Crippen LogP contribution in [0.3, 0.4) is 0 Å². The van der Waals surface area contributed by atoms with Crippen molar-refractivity contribution in [1.29, 1.82) is 0 Å². The number of benzene rings is 1. The molecular formula is C7H7O3S. The van der Waals surface area contributed by atoms with Gasteiger partial charge in [-0.05, 0) is 11.6 Å². The summed E-state index contributed by atoms with van der Waals surface area (Å²) in [5.74, 6) is 0. The maximum Gasteiger partial charge on any atom is 0.257 e. The second-order valence-electron chi connectivity index (χ2n) is 1.91. The van der Waals surface area contributed by atoms with Gasteiger partial charge in [-0.25, -0.2) is 8.42 Å². The molecule has 0 heterocycles. The molecule has 0 atom stereocenters. The Morgan fingerprint density at radius 2 is 2.00 bits per heavy atom. The van der Waals surface area contributed by atoms with Crippen molar-refractivity contribution in [3.63, 3.8) is 0 Å². The van der Waals surface area contributed by atoms with Crippen LogP contribution in [0.15, 0.2) is 24.3 Å². The normalized spacial score (nSPS) is 10.3. The maximum absolute atomic E-state index is 9.98. The van der Waals surface area contributed by atoms with Crippen LogP contribution >= 0.6 is 0 Å². The highest BCUT2D eigenvalue weighted by Crippen LogP contribution is 1.99. The number of rotatable bonds is 3. The number of hydrogen-bond donors (Lipinski definition) is 1. The summed E-state index contributed by atoms with van der Waals surface area (Å²) in [6.45, 7) is 0.105. The lowest BCUT2D eigenvalue weighted by molar-refractivity contribution is 0.323. The lowest BCUT2D eigenvalue weighted by Gasteiger charge is -1.94. The van der Waals surface area contributed by atoms with Crippen LogP contribution in [0.25, 0.3) is 0 Å². The summed E-state index contributed by atoms with van der Waals surface area (Å²) >= 11 is 0. The fourth-order valence-corrected chi connectivity index (χ4v) is 0.899. The van der Waals surface area contributed by atoms with Crippen LogP contribution in [0, 0.1) is 6.07 Å². The van der Waals surface area contributed by atoms with Crippen molar-refractivity contribution in [2.24, 2.45) is 0 Å². The van der Waals surface area contributed by atoms with Crippen molar-refractivity contribution in [2.75, 3.05) is 0 Å². The van der Waals surface area contributed by atoms with Gasteiger partial charge < -0.3 is 0 Å². The van der Waals surface area contributed by atoms with Gasteiger partial charge in [0.05, 0.1) is 6.61 Å². The van der Waals surface area contributed by atoms with E-state index in [0.717, 1.165) is 5.56 Å². The number of hydrogen-bond acceptors (Lipinski definition) is 3. The molecule has 1 aromatic carbocycles. The van der Waals surface area contributed by atoms with Crippen LogP contribution in [0.2, 0.25) is 0 Å². The molecule has 1 aromatic rings. The Labute approximate surface area is 66.8 Å². The highest BCUT2D eigenvalue weighted by Gasteiger charge is 1.90. The van der Waals surface area contributed by atoms with E-state index >= 15 is 0 Å². The van der Waals surface area contributed by atoms with Gasteiger partial charge in [0, 0.05) is 0 Å². The molecule has 4 heteroatoms. The summed E-state index contributed by atoms with van der Waals surface area (Å²) in [5, 5.41) is 0. The van der Waals surface area contributed by atoms with Crippen LogP contribution in [-0.4, -0.2) is 8.42 Å². The fourth-order valence-electron chi connectivity index (χ4n) is 0.645. The SMILES string of the molecule is O=[SH](=O)OCc1cc[c]cc1. The third kappa shape index (κ3) is 3.15. The monoisotopic (exact) mass is 171 g/mol. The molecule has 0 unspecified atom stereocenters. The molecular weight excluding hydrogens is 164 g/mol. The molecule has 11 heavy (non-hydrogen) atoms. The minimum absolute atomic E-state index is 0.105. The summed E-state index contributed by atoms with van der Waals surface area (Å²) in [4.78, 5) is 0. The molecule has 0 aliphatic rings. The Morgan fingerprint density at radius 1 is 1.36 bits per heavy atom. The predicted molar refractivity (Wildman–Crippen MR) is 40.4 cm³/mol. The van der Waals surface area contributed by atoms with Gasteiger partial charge in [-0.2, -0.15) is 0 Å². The van der Waals surface area contributed by atoms with Gasteiger partial charge in [-0.1, -0.05) is 24.3 Å². The lowest BCUT2D eigenvalue weighted by Crippen LogP contribution is -1.89. The summed E-state index contributed by atoms with van der Waals surface area (Å²) in [6, 6.07) is 9.72. The molecule has 0 bridgehead atoms. The van der Waals surface area contributed by atoms with Gasteiger partial charge in [-0.3, -0.25) is 4.18 Å². The van der Waals surface area contributed by atoms with Crippen molar-refractivity contribution in [3.05, 3.63) is 35.9 Å². The van der Waals surface area contributed by atoms with E-state index in [0.29, 0.717) is 0 Å². The Balaban J connectivity index is 2.52. The van der Waals surface area contributed by atoms with Crippen molar-refractivity contribution >= 4 is 11.0 Å². The Hall–Kier alpha value is -0.870. The topological polar surface area (TPSA) is 43.4 Å². The zero-order valence-corrected chi connectivity index (χ0v) is 6.58. The first kappa shape index (κ1) is 8.23. The molecule has 0 N–H and O–H groups in total. The zero-order chi connectivity index (χ0) is 8.10. The quantitative estimate of drug-likeness (QED) is 0.674. The fraction of sp³-hybridized carbons (Fsp3) is 0.143. The largest absolute Gasteiger partial charge is 0.267 e. The van der Waals surface area contributed by atoms with E-state index in [1.165, 1.54) is 0 Å². The summed E-state index contributed by atoms with van der Waals surface area (Å²) in [5.41, 5.74) is 0.822. The van der Waals surface area contributed by atoms with E-state index in [1.54, 1.807) is 24.3 Å². The first-order valence-corrected chi connectivity index (χ1v) is 4.11. The summed E-state index contributed by atoms with van der Waals surface area (Å²) in [7, 11) is -2.73. The maximum atomic E-state index is 9.98. The first-order valence-electron chi connectivity index (χ1n) is 3.01. The van der Waals surface area contributed by atoms with E-state index in [-0.39, 0.29) is 6.61 Å². The minimum atomic E-state index is -2.73. The Morgan fingerprint density at radius 3 is 2.55 bits per heavy atom. The van der Waals surface area contributed by atoms with E-state index < -0.39 is 11.0 Å². The molecule has 0 saturated heterocycles. The van der Waals surface area contributed by atoms with Crippen molar-refractivity contribution in [1.82, 2.24) is 0 Å². The summed E-state index contributed by atoms with van der Waals surface area (Å²) in [6.07, 6.45) is 0. The second kappa shape index (κ2) is 4.10. The standard InChI is InChI=1S/C7H7O3S/c8-11(9)10-6-7-4-2-1-3-5-7/h2-5,11H,6H2. The van der Waals surface area contributed by atoms with E-state index in [4.69, 9.17) is 0 Å². The molecule has 0 spiro atoms. The second-order valence-corrected chi connectivity index (χ2v) is 2.61. The van der Waals surface area contributed by atoms with Crippen LogP contribution in [0.1, 0.15) is 5.56 Å². The van der Waals surface area contributed by atoms with Crippen molar-refractivity contribution in [3.8, 4) is 0 Å². The molecule has 0 aliphatic carbocycles. The number of thiol groups is 1. The lowest BCUT2D eigenvalue weighted by atomic mass is 10.2. The Bertz CT molecular complexity index is 271. The molecule has 59 valence electrons. The molecule has 0 saturated carbocycles. The van der Waals surface area contributed by atoms with E-state index in [9.17, 15) is 8.42 Å². The van der Waals surface area contributed by atoms with Gasteiger partial charge >= 0.3 is 0 Å². The zero-order valence-electron chi connectivity index (χ0n) is 5.69. The van der Waals surface area contributed by atoms with Gasteiger partial charge in [0.1, 0.15) is 0 Å².